The predicted molar refractivity (Wildman–Crippen MR) is 71.2 cm³/mol. The number of esters is 1. The molecule has 1 unspecified atom stereocenters. The molecular formula is C14H18N2O2. The molecule has 0 aliphatic carbocycles. The Kier molecular flexibility index (Phi) is 3.39. The second-order valence-electron chi connectivity index (χ2n) is 4.45. The van der Waals surface area contributed by atoms with Crippen LogP contribution in [-0.2, 0) is 16.6 Å². The van der Waals surface area contributed by atoms with Crippen molar-refractivity contribution in [3.63, 3.8) is 0 Å². The zero-order valence-electron chi connectivity index (χ0n) is 10.9. The van der Waals surface area contributed by atoms with Crippen LogP contribution in [0.3, 0.4) is 0 Å². The van der Waals surface area contributed by atoms with E-state index in [0.717, 1.165) is 16.5 Å². The Bertz CT molecular complexity index is 587. The second kappa shape index (κ2) is 4.82. The Hall–Kier alpha value is -1.81. The molecule has 2 aromatic rings. The lowest BCUT2D eigenvalue weighted by atomic mass is 10.1. The standard InChI is InChI=1S/C14H18N2O2/c1-4-18-14(17)13(15)11-8-16(3)12-7-9(2)5-6-10(11)12/h5-8,13H,4,15H2,1-3H3. The smallest absolute Gasteiger partial charge is 0.327 e. The first-order chi connectivity index (χ1) is 8.54. The van der Waals surface area contributed by atoms with Crippen LogP contribution >= 0.6 is 0 Å². The van der Waals surface area contributed by atoms with E-state index in [1.807, 2.05) is 36.9 Å². The minimum Gasteiger partial charge on any atom is -0.465 e. The van der Waals surface area contributed by atoms with Gasteiger partial charge in [0.15, 0.2) is 0 Å². The summed E-state index contributed by atoms with van der Waals surface area (Å²) in [5.41, 5.74) is 9.02. The number of fused-ring (bicyclic) bond motifs is 1. The average molecular weight is 246 g/mol. The molecule has 1 aromatic heterocycles. The lowest BCUT2D eigenvalue weighted by Crippen LogP contribution is -2.23. The van der Waals surface area contributed by atoms with Gasteiger partial charge in [-0.2, -0.15) is 0 Å². The van der Waals surface area contributed by atoms with Gasteiger partial charge < -0.3 is 15.0 Å². The minimum atomic E-state index is -0.726. The van der Waals surface area contributed by atoms with Crippen LogP contribution in [-0.4, -0.2) is 17.1 Å². The third-order valence-corrected chi connectivity index (χ3v) is 3.05. The Balaban J connectivity index is 2.48. The van der Waals surface area contributed by atoms with Crippen molar-refractivity contribution < 1.29 is 9.53 Å². The number of nitrogens with zero attached hydrogens (tertiary/aromatic N) is 1. The van der Waals surface area contributed by atoms with Gasteiger partial charge in [0.25, 0.3) is 0 Å². The number of ether oxygens (including phenoxy) is 1. The number of carbonyl (C=O) groups excluding carboxylic acids is 1. The molecule has 0 bridgehead atoms. The molecular weight excluding hydrogens is 228 g/mol. The first kappa shape index (κ1) is 12.6. The Labute approximate surface area is 106 Å². The number of hydrogen-bond donors (Lipinski definition) is 1. The SMILES string of the molecule is CCOC(=O)C(N)c1cn(C)c2cc(C)ccc12. The number of carbonyl (C=O) groups is 1. The molecule has 1 heterocycles. The highest BCUT2D eigenvalue weighted by Crippen LogP contribution is 2.26. The van der Waals surface area contributed by atoms with Gasteiger partial charge in [-0.3, -0.25) is 0 Å². The topological polar surface area (TPSA) is 57.2 Å². The molecule has 0 saturated heterocycles. The molecule has 0 aliphatic rings. The average Bonchev–Trinajstić information content (AvgIpc) is 2.66. The summed E-state index contributed by atoms with van der Waals surface area (Å²) < 4.78 is 6.95. The molecule has 0 amide bonds. The normalized spacial score (nSPS) is 12.7. The van der Waals surface area contributed by atoms with E-state index in [0.29, 0.717) is 6.61 Å². The van der Waals surface area contributed by atoms with Crippen LogP contribution in [0.4, 0.5) is 0 Å². The fraction of sp³-hybridized carbons (Fsp3) is 0.357. The molecule has 1 aromatic carbocycles. The zero-order chi connectivity index (χ0) is 13.3. The van der Waals surface area contributed by atoms with E-state index in [1.54, 1.807) is 6.92 Å². The highest BCUT2D eigenvalue weighted by Gasteiger charge is 2.21. The van der Waals surface area contributed by atoms with Gasteiger partial charge >= 0.3 is 5.97 Å². The van der Waals surface area contributed by atoms with Crippen molar-refractivity contribution in [1.82, 2.24) is 4.57 Å². The summed E-state index contributed by atoms with van der Waals surface area (Å²) in [6, 6.07) is 5.37. The lowest BCUT2D eigenvalue weighted by molar-refractivity contribution is -0.144. The number of benzene rings is 1. The maximum Gasteiger partial charge on any atom is 0.327 e. The van der Waals surface area contributed by atoms with E-state index in [-0.39, 0.29) is 5.97 Å². The van der Waals surface area contributed by atoms with Gasteiger partial charge in [0, 0.05) is 29.7 Å². The summed E-state index contributed by atoms with van der Waals surface area (Å²) in [6.07, 6.45) is 1.89. The molecule has 4 heteroatoms. The molecule has 0 aliphatic heterocycles. The van der Waals surface area contributed by atoms with Crippen molar-refractivity contribution in [2.45, 2.75) is 19.9 Å². The number of aromatic nitrogens is 1. The van der Waals surface area contributed by atoms with E-state index < -0.39 is 6.04 Å². The quantitative estimate of drug-likeness (QED) is 0.843. The van der Waals surface area contributed by atoms with Gasteiger partial charge in [-0.1, -0.05) is 12.1 Å². The van der Waals surface area contributed by atoms with Crippen molar-refractivity contribution >= 4 is 16.9 Å². The Morgan fingerprint density at radius 1 is 1.50 bits per heavy atom. The largest absolute Gasteiger partial charge is 0.465 e. The van der Waals surface area contributed by atoms with Gasteiger partial charge in [0.05, 0.1) is 6.61 Å². The fourth-order valence-corrected chi connectivity index (χ4v) is 2.13. The third kappa shape index (κ3) is 2.11. The lowest BCUT2D eigenvalue weighted by Gasteiger charge is -2.09. The van der Waals surface area contributed by atoms with Crippen LogP contribution in [0.2, 0.25) is 0 Å². The fourth-order valence-electron chi connectivity index (χ4n) is 2.13. The summed E-state index contributed by atoms with van der Waals surface area (Å²) >= 11 is 0. The number of hydrogen-bond acceptors (Lipinski definition) is 3. The highest BCUT2D eigenvalue weighted by atomic mass is 16.5. The number of nitrogens with two attached hydrogens (primary N) is 1. The molecule has 0 saturated carbocycles. The molecule has 0 radical (unpaired) electrons. The number of rotatable bonds is 3. The van der Waals surface area contributed by atoms with Crippen molar-refractivity contribution in [3.05, 3.63) is 35.5 Å². The van der Waals surface area contributed by atoms with E-state index in [1.165, 1.54) is 5.56 Å². The minimum absolute atomic E-state index is 0.344. The van der Waals surface area contributed by atoms with E-state index in [2.05, 4.69) is 6.07 Å². The third-order valence-electron chi connectivity index (χ3n) is 3.05. The van der Waals surface area contributed by atoms with Gasteiger partial charge in [0.2, 0.25) is 0 Å². The van der Waals surface area contributed by atoms with Gasteiger partial charge in [-0.15, -0.1) is 0 Å². The van der Waals surface area contributed by atoms with E-state index >= 15 is 0 Å². The van der Waals surface area contributed by atoms with Crippen molar-refractivity contribution in [1.29, 1.82) is 0 Å². The summed E-state index contributed by atoms with van der Waals surface area (Å²) in [5, 5.41) is 1.00. The van der Waals surface area contributed by atoms with Crippen LogP contribution in [0.5, 0.6) is 0 Å². The molecule has 1 atom stereocenters. The molecule has 18 heavy (non-hydrogen) atoms. The first-order valence-electron chi connectivity index (χ1n) is 6.02. The Morgan fingerprint density at radius 2 is 2.22 bits per heavy atom. The van der Waals surface area contributed by atoms with E-state index in [4.69, 9.17) is 10.5 Å². The van der Waals surface area contributed by atoms with Crippen LogP contribution in [0.15, 0.2) is 24.4 Å². The summed E-state index contributed by atoms with van der Waals surface area (Å²) in [5.74, 6) is -0.384. The van der Waals surface area contributed by atoms with Crippen LogP contribution < -0.4 is 5.73 Å². The van der Waals surface area contributed by atoms with E-state index in [9.17, 15) is 4.79 Å². The monoisotopic (exact) mass is 246 g/mol. The summed E-state index contributed by atoms with van der Waals surface area (Å²) in [6.45, 7) is 4.16. The maximum atomic E-state index is 11.7. The van der Waals surface area contributed by atoms with Crippen molar-refractivity contribution in [2.24, 2.45) is 12.8 Å². The molecule has 2 rings (SSSR count). The Morgan fingerprint density at radius 3 is 2.89 bits per heavy atom. The van der Waals surface area contributed by atoms with Gasteiger partial charge in [0.1, 0.15) is 6.04 Å². The molecule has 0 fully saturated rings. The maximum absolute atomic E-state index is 11.7. The first-order valence-corrected chi connectivity index (χ1v) is 6.02. The number of aryl methyl sites for hydroxylation is 2. The van der Waals surface area contributed by atoms with Crippen molar-refractivity contribution in [2.75, 3.05) is 6.61 Å². The summed E-state index contributed by atoms with van der Waals surface area (Å²) in [7, 11) is 1.95. The van der Waals surface area contributed by atoms with Crippen LogP contribution in [0.25, 0.3) is 10.9 Å². The summed E-state index contributed by atoms with van der Waals surface area (Å²) in [4.78, 5) is 11.7. The highest BCUT2D eigenvalue weighted by molar-refractivity contribution is 5.90. The van der Waals surface area contributed by atoms with Gasteiger partial charge in [-0.05, 0) is 25.5 Å². The molecule has 4 nitrogen and oxygen atoms in total. The van der Waals surface area contributed by atoms with Crippen LogP contribution in [0, 0.1) is 6.92 Å². The second-order valence-corrected chi connectivity index (χ2v) is 4.45. The molecule has 0 spiro atoms. The molecule has 2 N–H and O–H groups in total. The van der Waals surface area contributed by atoms with Crippen molar-refractivity contribution in [3.8, 4) is 0 Å². The molecule has 96 valence electrons. The predicted octanol–water partition coefficient (Wildman–Crippen LogP) is 2.05. The van der Waals surface area contributed by atoms with Crippen LogP contribution in [0.1, 0.15) is 24.1 Å². The van der Waals surface area contributed by atoms with Gasteiger partial charge in [-0.25, -0.2) is 4.79 Å². The zero-order valence-corrected chi connectivity index (χ0v) is 10.9.